The molecule has 0 aromatic heterocycles. The maximum Gasteiger partial charge on any atom is 0.407 e. The van der Waals surface area contributed by atoms with Crippen LogP contribution in [0.1, 0.15) is 0 Å². The molecular formula is C8H17N3O2. The minimum atomic E-state index is -0.852. The van der Waals surface area contributed by atoms with Gasteiger partial charge in [0.05, 0.1) is 0 Å². The standard InChI is InChI=1S/C8H17N3O2/c1-10(8(12)13)6-7-11-4-2-9-3-5-11/h9H,2-7H2,1H3,(H,12,13). The summed E-state index contributed by atoms with van der Waals surface area (Å²) in [6, 6.07) is 0. The van der Waals surface area contributed by atoms with E-state index in [0.717, 1.165) is 32.7 Å². The van der Waals surface area contributed by atoms with Gasteiger partial charge in [-0.2, -0.15) is 0 Å². The molecule has 0 aliphatic carbocycles. The van der Waals surface area contributed by atoms with E-state index in [4.69, 9.17) is 5.11 Å². The quantitative estimate of drug-likeness (QED) is 0.625. The first kappa shape index (κ1) is 10.3. The van der Waals surface area contributed by atoms with E-state index in [9.17, 15) is 4.79 Å². The van der Waals surface area contributed by atoms with Gasteiger partial charge in [0.2, 0.25) is 0 Å². The Labute approximate surface area is 78.3 Å². The van der Waals surface area contributed by atoms with Gasteiger partial charge in [-0.1, -0.05) is 0 Å². The molecule has 2 N–H and O–H groups in total. The first-order valence-corrected chi connectivity index (χ1v) is 4.57. The Morgan fingerprint density at radius 2 is 2.15 bits per heavy atom. The molecule has 0 radical (unpaired) electrons. The second-order valence-corrected chi connectivity index (χ2v) is 3.30. The van der Waals surface area contributed by atoms with Crippen molar-refractivity contribution >= 4 is 6.09 Å². The normalized spacial score (nSPS) is 18.5. The molecule has 0 saturated carbocycles. The number of carboxylic acid groups (broad SMARTS) is 1. The predicted octanol–water partition coefficient (Wildman–Crippen LogP) is -0.499. The van der Waals surface area contributed by atoms with Crippen LogP contribution in [0, 0.1) is 0 Å². The third kappa shape index (κ3) is 3.61. The number of hydrogen-bond acceptors (Lipinski definition) is 3. The number of likely N-dealkylation sites (N-methyl/N-ethyl adjacent to an activating group) is 1. The number of carbonyl (C=O) groups is 1. The van der Waals surface area contributed by atoms with E-state index in [-0.39, 0.29) is 0 Å². The molecule has 0 atom stereocenters. The molecule has 5 heteroatoms. The largest absolute Gasteiger partial charge is 0.465 e. The third-order valence-electron chi connectivity index (χ3n) is 2.29. The fourth-order valence-electron chi connectivity index (χ4n) is 1.32. The lowest BCUT2D eigenvalue weighted by molar-refractivity contribution is 0.145. The summed E-state index contributed by atoms with van der Waals surface area (Å²) in [5.41, 5.74) is 0. The van der Waals surface area contributed by atoms with Gasteiger partial charge in [-0.3, -0.25) is 4.90 Å². The molecular weight excluding hydrogens is 170 g/mol. The summed E-state index contributed by atoms with van der Waals surface area (Å²) >= 11 is 0. The molecule has 1 heterocycles. The Balaban J connectivity index is 2.13. The van der Waals surface area contributed by atoms with Gasteiger partial charge >= 0.3 is 6.09 Å². The van der Waals surface area contributed by atoms with E-state index in [1.165, 1.54) is 4.90 Å². The van der Waals surface area contributed by atoms with Gasteiger partial charge in [0.15, 0.2) is 0 Å². The van der Waals surface area contributed by atoms with Crippen LogP contribution in [-0.4, -0.2) is 67.3 Å². The molecule has 0 unspecified atom stereocenters. The molecule has 1 amide bonds. The Kier molecular flexibility index (Phi) is 3.98. The smallest absolute Gasteiger partial charge is 0.407 e. The lowest BCUT2D eigenvalue weighted by Gasteiger charge is -2.28. The number of nitrogens with zero attached hydrogens (tertiary/aromatic N) is 2. The minimum absolute atomic E-state index is 0.593. The Bertz CT molecular complexity index is 169. The third-order valence-corrected chi connectivity index (χ3v) is 2.29. The fourth-order valence-corrected chi connectivity index (χ4v) is 1.32. The van der Waals surface area contributed by atoms with Crippen molar-refractivity contribution in [3.05, 3.63) is 0 Å². The molecule has 0 spiro atoms. The molecule has 13 heavy (non-hydrogen) atoms. The van der Waals surface area contributed by atoms with Gasteiger partial charge < -0.3 is 15.3 Å². The number of piperazine rings is 1. The van der Waals surface area contributed by atoms with Crippen molar-refractivity contribution in [1.82, 2.24) is 15.1 Å². The van der Waals surface area contributed by atoms with E-state index in [2.05, 4.69) is 10.2 Å². The molecule has 0 bridgehead atoms. The van der Waals surface area contributed by atoms with E-state index in [0.29, 0.717) is 6.54 Å². The lowest BCUT2D eigenvalue weighted by atomic mass is 10.3. The average molecular weight is 187 g/mol. The van der Waals surface area contributed by atoms with Gasteiger partial charge in [-0.05, 0) is 0 Å². The molecule has 76 valence electrons. The van der Waals surface area contributed by atoms with Gasteiger partial charge in [-0.25, -0.2) is 4.79 Å². The monoisotopic (exact) mass is 187 g/mol. The van der Waals surface area contributed by atoms with Crippen molar-refractivity contribution in [2.75, 3.05) is 46.3 Å². The summed E-state index contributed by atoms with van der Waals surface area (Å²) in [4.78, 5) is 14.1. The van der Waals surface area contributed by atoms with Crippen LogP contribution in [0.2, 0.25) is 0 Å². The summed E-state index contributed by atoms with van der Waals surface area (Å²) in [6.07, 6.45) is -0.852. The van der Waals surface area contributed by atoms with Crippen molar-refractivity contribution in [2.45, 2.75) is 0 Å². The molecule has 5 nitrogen and oxygen atoms in total. The second kappa shape index (κ2) is 5.04. The molecule has 1 saturated heterocycles. The van der Waals surface area contributed by atoms with E-state index >= 15 is 0 Å². The molecule has 0 aromatic rings. The molecule has 1 aliphatic heterocycles. The highest BCUT2D eigenvalue weighted by Crippen LogP contribution is 1.93. The maximum absolute atomic E-state index is 10.5. The van der Waals surface area contributed by atoms with E-state index in [1.807, 2.05) is 0 Å². The molecule has 1 rings (SSSR count). The summed E-state index contributed by atoms with van der Waals surface area (Å²) in [7, 11) is 1.60. The highest BCUT2D eigenvalue weighted by atomic mass is 16.4. The summed E-state index contributed by atoms with van der Waals surface area (Å²) in [5, 5.41) is 11.9. The predicted molar refractivity (Wildman–Crippen MR) is 50.0 cm³/mol. The zero-order chi connectivity index (χ0) is 9.68. The first-order chi connectivity index (χ1) is 6.20. The maximum atomic E-state index is 10.5. The van der Waals surface area contributed by atoms with Crippen molar-refractivity contribution in [3.8, 4) is 0 Å². The lowest BCUT2D eigenvalue weighted by Crippen LogP contribution is -2.46. The topological polar surface area (TPSA) is 55.8 Å². The van der Waals surface area contributed by atoms with Crippen LogP contribution in [0.5, 0.6) is 0 Å². The van der Waals surface area contributed by atoms with Gasteiger partial charge in [0, 0.05) is 46.3 Å². The van der Waals surface area contributed by atoms with Crippen molar-refractivity contribution in [2.24, 2.45) is 0 Å². The Morgan fingerprint density at radius 1 is 1.54 bits per heavy atom. The SMILES string of the molecule is CN(CCN1CCNCC1)C(=O)O. The van der Waals surface area contributed by atoms with Crippen molar-refractivity contribution < 1.29 is 9.90 Å². The van der Waals surface area contributed by atoms with Crippen LogP contribution in [0.4, 0.5) is 4.79 Å². The molecule has 1 aliphatic rings. The number of hydrogen-bond donors (Lipinski definition) is 2. The highest BCUT2D eigenvalue weighted by molar-refractivity contribution is 5.64. The number of rotatable bonds is 3. The van der Waals surface area contributed by atoms with E-state index in [1.54, 1.807) is 7.05 Å². The van der Waals surface area contributed by atoms with Gasteiger partial charge in [-0.15, -0.1) is 0 Å². The summed E-state index contributed by atoms with van der Waals surface area (Å²) in [6.45, 7) is 5.49. The molecule has 0 aromatic carbocycles. The van der Waals surface area contributed by atoms with Crippen molar-refractivity contribution in [3.63, 3.8) is 0 Å². The summed E-state index contributed by atoms with van der Waals surface area (Å²) in [5.74, 6) is 0. The zero-order valence-corrected chi connectivity index (χ0v) is 7.99. The summed E-state index contributed by atoms with van der Waals surface area (Å²) < 4.78 is 0. The number of nitrogens with one attached hydrogen (secondary N) is 1. The van der Waals surface area contributed by atoms with Crippen LogP contribution in [0.3, 0.4) is 0 Å². The van der Waals surface area contributed by atoms with Gasteiger partial charge in [0.1, 0.15) is 0 Å². The Hall–Kier alpha value is -0.810. The average Bonchev–Trinajstić information content (AvgIpc) is 2.15. The van der Waals surface area contributed by atoms with Crippen LogP contribution in [0.25, 0.3) is 0 Å². The first-order valence-electron chi connectivity index (χ1n) is 4.57. The van der Waals surface area contributed by atoms with Crippen LogP contribution in [0.15, 0.2) is 0 Å². The number of amides is 1. The van der Waals surface area contributed by atoms with E-state index < -0.39 is 6.09 Å². The zero-order valence-electron chi connectivity index (χ0n) is 7.99. The van der Waals surface area contributed by atoms with Crippen LogP contribution < -0.4 is 5.32 Å². The van der Waals surface area contributed by atoms with Crippen LogP contribution >= 0.6 is 0 Å². The second-order valence-electron chi connectivity index (χ2n) is 3.30. The van der Waals surface area contributed by atoms with Crippen molar-refractivity contribution in [1.29, 1.82) is 0 Å². The minimum Gasteiger partial charge on any atom is -0.465 e. The Morgan fingerprint density at radius 3 is 2.69 bits per heavy atom. The van der Waals surface area contributed by atoms with Crippen LogP contribution in [-0.2, 0) is 0 Å². The fraction of sp³-hybridized carbons (Fsp3) is 0.875. The highest BCUT2D eigenvalue weighted by Gasteiger charge is 2.11. The van der Waals surface area contributed by atoms with Gasteiger partial charge in [0.25, 0.3) is 0 Å². The molecule has 1 fully saturated rings.